The van der Waals surface area contributed by atoms with Gasteiger partial charge in [0.25, 0.3) is 0 Å². The lowest BCUT2D eigenvalue weighted by Crippen LogP contribution is -2.49. The highest BCUT2D eigenvalue weighted by atomic mass is 16.5. The van der Waals surface area contributed by atoms with Crippen LogP contribution in [0.4, 0.5) is 0 Å². The summed E-state index contributed by atoms with van der Waals surface area (Å²) in [7, 11) is 1.84. The van der Waals surface area contributed by atoms with E-state index in [0.29, 0.717) is 12.1 Å². The van der Waals surface area contributed by atoms with Crippen LogP contribution in [0.2, 0.25) is 0 Å². The van der Waals surface area contributed by atoms with E-state index in [-0.39, 0.29) is 0 Å². The zero-order valence-electron chi connectivity index (χ0n) is 11.9. The summed E-state index contributed by atoms with van der Waals surface area (Å²) in [4.78, 5) is 2.59. The first-order chi connectivity index (χ1) is 8.83. The maximum atomic E-state index is 6.03. The molecule has 18 heavy (non-hydrogen) atoms. The number of likely N-dealkylation sites (tertiary alicyclic amines) is 1. The van der Waals surface area contributed by atoms with Crippen LogP contribution in [0.25, 0.3) is 0 Å². The first kappa shape index (κ1) is 14.3. The van der Waals surface area contributed by atoms with E-state index in [0.717, 1.165) is 19.0 Å². The van der Waals surface area contributed by atoms with Gasteiger partial charge in [0, 0.05) is 26.2 Å². The Labute approximate surface area is 112 Å². The summed E-state index contributed by atoms with van der Waals surface area (Å²) in [5.41, 5.74) is 6.03. The average Bonchev–Trinajstić information content (AvgIpc) is 2.46. The van der Waals surface area contributed by atoms with Gasteiger partial charge in [0.15, 0.2) is 0 Å². The van der Waals surface area contributed by atoms with Crippen molar-refractivity contribution in [2.45, 2.75) is 63.5 Å². The molecule has 1 aliphatic carbocycles. The van der Waals surface area contributed by atoms with Gasteiger partial charge in [0.2, 0.25) is 0 Å². The van der Waals surface area contributed by atoms with Gasteiger partial charge in [0.1, 0.15) is 0 Å². The Morgan fingerprint density at radius 2 is 1.94 bits per heavy atom. The summed E-state index contributed by atoms with van der Waals surface area (Å²) in [5.74, 6) is 0.926. The van der Waals surface area contributed by atoms with Gasteiger partial charge in [-0.2, -0.15) is 0 Å². The molecule has 1 saturated heterocycles. The molecule has 0 aromatic carbocycles. The van der Waals surface area contributed by atoms with Gasteiger partial charge in [-0.15, -0.1) is 0 Å². The van der Waals surface area contributed by atoms with Gasteiger partial charge in [-0.3, -0.25) is 4.90 Å². The Kier molecular flexibility index (Phi) is 5.93. The normalized spacial score (nSPS) is 29.3. The van der Waals surface area contributed by atoms with E-state index in [1.807, 2.05) is 7.11 Å². The molecule has 2 unspecified atom stereocenters. The van der Waals surface area contributed by atoms with Crippen molar-refractivity contribution < 1.29 is 4.74 Å². The van der Waals surface area contributed by atoms with Crippen LogP contribution in [0.15, 0.2) is 0 Å². The van der Waals surface area contributed by atoms with Gasteiger partial charge >= 0.3 is 0 Å². The number of piperidine rings is 1. The Bertz CT molecular complexity index is 229. The zero-order chi connectivity index (χ0) is 12.8. The van der Waals surface area contributed by atoms with Crippen LogP contribution in [0.5, 0.6) is 0 Å². The smallest absolute Gasteiger partial charge is 0.0698 e. The van der Waals surface area contributed by atoms with Crippen LogP contribution in [0.1, 0.15) is 51.4 Å². The van der Waals surface area contributed by atoms with Gasteiger partial charge < -0.3 is 10.5 Å². The minimum Gasteiger partial charge on any atom is -0.380 e. The van der Waals surface area contributed by atoms with Crippen LogP contribution in [-0.4, -0.2) is 43.8 Å². The molecule has 2 rings (SSSR count). The molecule has 1 saturated carbocycles. The highest BCUT2D eigenvalue weighted by Gasteiger charge is 2.27. The van der Waals surface area contributed by atoms with E-state index in [2.05, 4.69) is 4.90 Å². The fourth-order valence-corrected chi connectivity index (χ4v) is 3.69. The predicted octanol–water partition coefficient (Wildman–Crippen LogP) is 2.39. The zero-order valence-corrected chi connectivity index (χ0v) is 11.9. The first-order valence-corrected chi connectivity index (χ1v) is 7.80. The summed E-state index contributed by atoms with van der Waals surface area (Å²) in [6.45, 7) is 3.12. The largest absolute Gasteiger partial charge is 0.380 e. The van der Waals surface area contributed by atoms with Crippen LogP contribution in [0.3, 0.4) is 0 Å². The summed E-state index contributed by atoms with van der Waals surface area (Å²) in [5, 5.41) is 0. The highest BCUT2D eigenvalue weighted by Crippen LogP contribution is 2.29. The summed E-state index contributed by atoms with van der Waals surface area (Å²) in [6.07, 6.45) is 11.4. The molecule has 0 spiro atoms. The second-order valence-corrected chi connectivity index (χ2v) is 6.12. The molecule has 0 aromatic rings. The number of rotatable bonds is 5. The highest BCUT2D eigenvalue weighted by molar-refractivity contribution is 4.82. The van der Waals surface area contributed by atoms with Crippen LogP contribution >= 0.6 is 0 Å². The molecule has 1 heterocycles. The van der Waals surface area contributed by atoms with Gasteiger partial charge in [0.05, 0.1) is 6.10 Å². The lowest BCUT2D eigenvalue weighted by Gasteiger charge is -2.39. The molecule has 106 valence electrons. The van der Waals surface area contributed by atoms with Crippen LogP contribution in [0, 0.1) is 5.92 Å². The summed E-state index contributed by atoms with van der Waals surface area (Å²) < 4.78 is 5.52. The van der Waals surface area contributed by atoms with Crippen molar-refractivity contribution in [2.75, 3.05) is 26.7 Å². The second-order valence-electron chi connectivity index (χ2n) is 6.12. The molecule has 2 aliphatic rings. The molecule has 1 aliphatic heterocycles. The van der Waals surface area contributed by atoms with Crippen molar-refractivity contribution in [1.29, 1.82) is 0 Å². The standard InChI is InChI=1S/C15H30N2O/c1-18-15-8-5-9-17(12-15)14(11-16)10-13-6-3-2-4-7-13/h13-15H,2-12,16H2,1H3. The Morgan fingerprint density at radius 3 is 2.61 bits per heavy atom. The number of hydrogen-bond acceptors (Lipinski definition) is 3. The topological polar surface area (TPSA) is 38.5 Å². The van der Waals surface area contributed by atoms with E-state index in [4.69, 9.17) is 10.5 Å². The molecule has 0 amide bonds. The third kappa shape index (κ3) is 3.94. The summed E-state index contributed by atoms with van der Waals surface area (Å²) >= 11 is 0. The lowest BCUT2D eigenvalue weighted by atomic mass is 9.84. The fraction of sp³-hybridized carbons (Fsp3) is 1.00. The van der Waals surface area contributed by atoms with E-state index in [9.17, 15) is 0 Å². The van der Waals surface area contributed by atoms with E-state index < -0.39 is 0 Å². The maximum Gasteiger partial charge on any atom is 0.0698 e. The number of hydrogen-bond donors (Lipinski definition) is 1. The van der Waals surface area contributed by atoms with E-state index >= 15 is 0 Å². The number of methoxy groups -OCH3 is 1. The maximum absolute atomic E-state index is 6.03. The second kappa shape index (κ2) is 7.46. The molecular weight excluding hydrogens is 224 g/mol. The first-order valence-electron chi connectivity index (χ1n) is 7.80. The number of nitrogens with two attached hydrogens (primary N) is 1. The molecule has 0 aromatic heterocycles. The molecule has 0 bridgehead atoms. The van der Waals surface area contributed by atoms with Crippen molar-refractivity contribution in [3.05, 3.63) is 0 Å². The van der Waals surface area contributed by atoms with E-state index in [1.165, 1.54) is 57.9 Å². The van der Waals surface area contributed by atoms with Gasteiger partial charge in [-0.1, -0.05) is 32.1 Å². The summed E-state index contributed by atoms with van der Waals surface area (Å²) in [6, 6.07) is 0.589. The van der Waals surface area contributed by atoms with Gasteiger partial charge in [-0.05, 0) is 31.7 Å². The molecule has 3 nitrogen and oxygen atoms in total. The molecular formula is C15H30N2O. The van der Waals surface area contributed by atoms with Crippen molar-refractivity contribution in [3.8, 4) is 0 Å². The molecule has 3 heteroatoms. The predicted molar refractivity (Wildman–Crippen MR) is 75.6 cm³/mol. The molecule has 2 atom stereocenters. The van der Waals surface area contributed by atoms with Gasteiger partial charge in [-0.25, -0.2) is 0 Å². The minimum absolute atomic E-state index is 0.430. The van der Waals surface area contributed by atoms with Crippen molar-refractivity contribution in [1.82, 2.24) is 4.90 Å². The monoisotopic (exact) mass is 254 g/mol. The van der Waals surface area contributed by atoms with Crippen molar-refractivity contribution in [2.24, 2.45) is 11.7 Å². The van der Waals surface area contributed by atoms with Crippen molar-refractivity contribution in [3.63, 3.8) is 0 Å². The van der Waals surface area contributed by atoms with Crippen LogP contribution < -0.4 is 5.73 Å². The molecule has 2 fully saturated rings. The molecule has 2 N–H and O–H groups in total. The third-order valence-electron chi connectivity index (χ3n) is 4.86. The third-order valence-corrected chi connectivity index (χ3v) is 4.86. The fourth-order valence-electron chi connectivity index (χ4n) is 3.69. The number of nitrogens with zero attached hydrogens (tertiary/aromatic N) is 1. The quantitative estimate of drug-likeness (QED) is 0.819. The lowest BCUT2D eigenvalue weighted by molar-refractivity contribution is 0.0106. The van der Waals surface area contributed by atoms with E-state index in [1.54, 1.807) is 0 Å². The average molecular weight is 254 g/mol. The Balaban J connectivity index is 1.82. The molecule has 0 radical (unpaired) electrons. The Morgan fingerprint density at radius 1 is 1.17 bits per heavy atom. The SMILES string of the molecule is COC1CCCN(C(CN)CC2CCCCC2)C1. The minimum atomic E-state index is 0.430. The number of ether oxygens (including phenoxy) is 1. The Hall–Kier alpha value is -0.120. The van der Waals surface area contributed by atoms with Crippen molar-refractivity contribution >= 4 is 0 Å². The van der Waals surface area contributed by atoms with Crippen LogP contribution in [-0.2, 0) is 4.74 Å².